The first-order chi connectivity index (χ1) is 10.1. The molecule has 0 radical (unpaired) electrons. The Balaban J connectivity index is 1.87. The van der Waals surface area contributed by atoms with Crippen LogP contribution in [0.5, 0.6) is 5.75 Å². The fraction of sp³-hybridized carbons (Fsp3) is 0.333. The summed E-state index contributed by atoms with van der Waals surface area (Å²) in [6.45, 7) is 0.571. The summed E-state index contributed by atoms with van der Waals surface area (Å²) in [4.78, 5) is 13.8. The highest BCUT2D eigenvalue weighted by molar-refractivity contribution is 9.10. The summed E-state index contributed by atoms with van der Waals surface area (Å²) in [6.07, 6.45) is 4.71. The highest BCUT2D eigenvalue weighted by atomic mass is 79.9. The first-order valence-corrected chi connectivity index (χ1v) is 7.43. The first kappa shape index (κ1) is 15.6. The van der Waals surface area contributed by atoms with Crippen molar-refractivity contribution < 1.29 is 9.53 Å². The van der Waals surface area contributed by atoms with Gasteiger partial charge in [-0.15, -0.1) is 0 Å². The molecule has 1 heterocycles. The van der Waals surface area contributed by atoms with Gasteiger partial charge in [-0.25, -0.2) is 0 Å². The first-order valence-electron chi connectivity index (χ1n) is 6.64. The molecule has 0 saturated heterocycles. The molecule has 1 aromatic heterocycles. The van der Waals surface area contributed by atoms with Gasteiger partial charge in [0.2, 0.25) is 5.91 Å². The van der Waals surface area contributed by atoms with Crippen LogP contribution >= 0.6 is 15.9 Å². The maximum Gasteiger partial charge on any atom is 0.222 e. The number of rotatable bonds is 6. The molecule has 0 aliphatic rings. The zero-order valence-corrected chi connectivity index (χ0v) is 13.7. The number of carbonyl (C=O) groups excluding carboxylic acids is 1. The molecule has 1 N–H and O–H groups in total. The van der Waals surface area contributed by atoms with Crippen LogP contribution in [0.3, 0.4) is 0 Å². The Morgan fingerprint density at radius 3 is 2.86 bits per heavy atom. The van der Waals surface area contributed by atoms with E-state index >= 15 is 0 Å². The molecule has 0 saturated carbocycles. The Labute approximate surface area is 132 Å². The van der Waals surface area contributed by atoms with Crippen LogP contribution in [-0.2, 0) is 17.8 Å². The molecule has 1 aromatic carbocycles. The second kappa shape index (κ2) is 7.26. The zero-order valence-electron chi connectivity index (χ0n) is 12.1. The predicted molar refractivity (Wildman–Crippen MR) is 84.1 cm³/mol. The number of methoxy groups -OCH3 is 1. The van der Waals surface area contributed by atoms with Crippen molar-refractivity contribution in [1.29, 1.82) is 0 Å². The van der Waals surface area contributed by atoms with Gasteiger partial charge in [-0.1, -0.05) is 6.07 Å². The SMILES string of the molecule is COc1ccc(CCC(=O)N(C)Cc2cn[nH]c2)cc1Br. The quantitative estimate of drug-likeness (QED) is 0.870. The smallest absolute Gasteiger partial charge is 0.222 e. The number of nitrogens with zero attached hydrogens (tertiary/aromatic N) is 2. The summed E-state index contributed by atoms with van der Waals surface area (Å²) >= 11 is 3.45. The summed E-state index contributed by atoms with van der Waals surface area (Å²) in [7, 11) is 3.44. The third kappa shape index (κ3) is 4.32. The molecule has 112 valence electrons. The number of hydrogen-bond donors (Lipinski definition) is 1. The van der Waals surface area contributed by atoms with Crippen LogP contribution in [0.15, 0.2) is 35.1 Å². The highest BCUT2D eigenvalue weighted by Crippen LogP contribution is 2.26. The van der Waals surface area contributed by atoms with Crippen molar-refractivity contribution in [3.63, 3.8) is 0 Å². The second-order valence-electron chi connectivity index (χ2n) is 4.83. The van der Waals surface area contributed by atoms with Crippen LogP contribution in [0, 0.1) is 0 Å². The van der Waals surface area contributed by atoms with Crippen LogP contribution in [0.25, 0.3) is 0 Å². The summed E-state index contributed by atoms with van der Waals surface area (Å²) < 4.78 is 6.10. The molecule has 0 bridgehead atoms. The molecule has 0 unspecified atom stereocenters. The van der Waals surface area contributed by atoms with Crippen molar-refractivity contribution in [3.8, 4) is 5.75 Å². The molecule has 0 fully saturated rings. The van der Waals surface area contributed by atoms with Gasteiger partial charge < -0.3 is 9.64 Å². The van der Waals surface area contributed by atoms with Crippen LogP contribution in [0.2, 0.25) is 0 Å². The van der Waals surface area contributed by atoms with Gasteiger partial charge in [0.25, 0.3) is 0 Å². The molecule has 6 heteroatoms. The van der Waals surface area contributed by atoms with Crippen molar-refractivity contribution >= 4 is 21.8 Å². The minimum absolute atomic E-state index is 0.114. The molecule has 0 atom stereocenters. The number of amides is 1. The van der Waals surface area contributed by atoms with Crippen molar-refractivity contribution in [3.05, 3.63) is 46.2 Å². The molecule has 0 spiro atoms. The van der Waals surface area contributed by atoms with Gasteiger partial charge >= 0.3 is 0 Å². The zero-order chi connectivity index (χ0) is 15.2. The fourth-order valence-corrected chi connectivity index (χ4v) is 2.62. The number of hydrogen-bond acceptors (Lipinski definition) is 3. The van der Waals surface area contributed by atoms with Gasteiger partial charge in [0, 0.05) is 31.8 Å². The van der Waals surface area contributed by atoms with Gasteiger partial charge in [0.05, 0.1) is 17.8 Å². The average Bonchev–Trinajstić information content (AvgIpc) is 2.97. The number of aromatic nitrogens is 2. The van der Waals surface area contributed by atoms with Crippen molar-refractivity contribution in [2.24, 2.45) is 0 Å². The highest BCUT2D eigenvalue weighted by Gasteiger charge is 2.10. The van der Waals surface area contributed by atoms with E-state index in [0.717, 1.165) is 21.3 Å². The summed E-state index contributed by atoms with van der Waals surface area (Å²) in [5.74, 6) is 0.908. The van der Waals surface area contributed by atoms with E-state index in [0.29, 0.717) is 19.4 Å². The Morgan fingerprint density at radius 1 is 1.43 bits per heavy atom. The van der Waals surface area contributed by atoms with Crippen molar-refractivity contribution in [2.45, 2.75) is 19.4 Å². The lowest BCUT2D eigenvalue weighted by molar-refractivity contribution is -0.130. The maximum atomic E-state index is 12.1. The molecule has 21 heavy (non-hydrogen) atoms. The molecular weight excluding hydrogens is 334 g/mol. The Kier molecular flexibility index (Phi) is 5.38. The number of benzene rings is 1. The molecule has 2 rings (SSSR count). The molecule has 5 nitrogen and oxygen atoms in total. The lowest BCUT2D eigenvalue weighted by Crippen LogP contribution is -2.26. The van der Waals surface area contributed by atoms with E-state index in [1.54, 1.807) is 31.5 Å². The lowest BCUT2D eigenvalue weighted by atomic mass is 10.1. The minimum Gasteiger partial charge on any atom is -0.496 e. The summed E-state index contributed by atoms with van der Waals surface area (Å²) in [6, 6.07) is 5.87. The molecule has 1 amide bonds. The van der Waals surface area contributed by atoms with E-state index in [9.17, 15) is 4.79 Å². The number of nitrogens with one attached hydrogen (secondary N) is 1. The van der Waals surface area contributed by atoms with E-state index in [2.05, 4.69) is 26.1 Å². The van der Waals surface area contributed by atoms with Gasteiger partial charge in [-0.05, 0) is 40.0 Å². The summed E-state index contributed by atoms with van der Waals surface area (Å²) in [5, 5.41) is 6.62. The van der Waals surface area contributed by atoms with Crippen LogP contribution in [-0.4, -0.2) is 35.2 Å². The van der Waals surface area contributed by atoms with Gasteiger partial charge in [0.1, 0.15) is 5.75 Å². The van der Waals surface area contributed by atoms with E-state index in [4.69, 9.17) is 4.74 Å². The molecule has 0 aliphatic heterocycles. The third-order valence-electron chi connectivity index (χ3n) is 3.24. The average molecular weight is 352 g/mol. The Morgan fingerprint density at radius 2 is 2.24 bits per heavy atom. The van der Waals surface area contributed by atoms with Crippen molar-refractivity contribution in [1.82, 2.24) is 15.1 Å². The fourth-order valence-electron chi connectivity index (χ4n) is 2.03. The minimum atomic E-state index is 0.114. The van der Waals surface area contributed by atoms with Crippen LogP contribution in [0.4, 0.5) is 0 Å². The lowest BCUT2D eigenvalue weighted by Gasteiger charge is -2.16. The van der Waals surface area contributed by atoms with Crippen LogP contribution < -0.4 is 4.74 Å². The Hall–Kier alpha value is -1.82. The number of H-pyrrole nitrogens is 1. The largest absolute Gasteiger partial charge is 0.496 e. The number of carbonyl (C=O) groups is 1. The van der Waals surface area contributed by atoms with Gasteiger partial charge in [-0.2, -0.15) is 5.10 Å². The van der Waals surface area contributed by atoms with Gasteiger partial charge in [0.15, 0.2) is 0 Å². The Bertz CT molecular complexity index is 599. The number of aromatic amines is 1. The number of halogens is 1. The van der Waals surface area contributed by atoms with Gasteiger partial charge in [-0.3, -0.25) is 9.89 Å². The molecule has 0 aliphatic carbocycles. The van der Waals surface area contributed by atoms with E-state index in [1.165, 1.54) is 0 Å². The third-order valence-corrected chi connectivity index (χ3v) is 3.86. The summed E-state index contributed by atoms with van der Waals surface area (Å²) in [5.41, 5.74) is 2.10. The van der Waals surface area contributed by atoms with Crippen molar-refractivity contribution in [2.75, 3.05) is 14.2 Å². The number of ether oxygens (including phenoxy) is 1. The molecule has 2 aromatic rings. The predicted octanol–water partition coefficient (Wildman–Crippen LogP) is 2.77. The number of aryl methyl sites for hydroxylation is 1. The normalized spacial score (nSPS) is 10.4. The maximum absolute atomic E-state index is 12.1. The van der Waals surface area contributed by atoms with Crippen LogP contribution in [0.1, 0.15) is 17.5 Å². The topological polar surface area (TPSA) is 58.2 Å². The van der Waals surface area contributed by atoms with E-state index < -0.39 is 0 Å². The van der Waals surface area contributed by atoms with E-state index in [-0.39, 0.29) is 5.91 Å². The monoisotopic (exact) mass is 351 g/mol. The van der Waals surface area contributed by atoms with E-state index in [1.807, 2.05) is 18.2 Å². The molecular formula is C15H18BrN3O2. The standard InChI is InChI=1S/C15H18BrN3O2/c1-19(10-12-8-17-18-9-12)15(20)6-4-11-3-5-14(21-2)13(16)7-11/h3,5,7-9H,4,6,10H2,1-2H3,(H,17,18). The second-order valence-corrected chi connectivity index (χ2v) is 5.68.